The molecular formula is C20H18BrCl2N5OS. The molecule has 1 fully saturated rings. The number of carbonyl (C=O) groups excluding carboxylic acids is 1. The predicted octanol–water partition coefficient (Wildman–Crippen LogP) is 5.39. The van der Waals surface area contributed by atoms with Gasteiger partial charge in [0.05, 0.1) is 20.6 Å². The molecule has 1 aromatic carbocycles. The number of piperidine rings is 1. The Hall–Kier alpha value is -1.63. The molecule has 30 heavy (non-hydrogen) atoms. The summed E-state index contributed by atoms with van der Waals surface area (Å²) >= 11 is 17.5. The molecule has 2 aliphatic rings. The van der Waals surface area contributed by atoms with Gasteiger partial charge < -0.3 is 0 Å². The number of nitrogens with zero attached hydrogens (tertiary/aromatic N) is 4. The van der Waals surface area contributed by atoms with Crippen LogP contribution in [0.2, 0.25) is 10.0 Å². The quantitative estimate of drug-likeness (QED) is 0.579. The summed E-state index contributed by atoms with van der Waals surface area (Å²) in [4.78, 5) is 14.0. The third-order valence-corrected chi connectivity index (χ3v) is 7.35. The molecule has 3 heterocycles. The van der Waals surface area contributed by atoms with Crippen LogP contribution < -0.4 is 10.4 Å². The minimum absolute atomic E-state index is 0.184. The van der Waals surface area contributed by atoms with E-state index >= 15 is 0 Å². The van der Waals surface area contributed by atoms with E-state index in [-0.39, 0.29) is 11.6 Å². The third kappa shape index (κ3) is 4.36. The van der Waals surface area contributed by atoms with Crippen molar-refractivity contribution in [1.82, 2.24) is 10.4 Å². The zero-order valence-electron chi connectivity index (χ0n) is 15.8. The first kappa shape index (κ1) is 21.6. The Bertz CT molecular complexity index is 1030. The zero-order chi connectivity index (χ0) is 21.3. The lowest BCUT2D eigenvalue weighted by Gasteiger charge is -2.27. The number of nitriles is 1. The van der Waals surface area contributed by atoms with Crippen molar-refractivity contribution in [3.8, 4) is 6.07 Å². The Balaban J connectivity index is 1.71. The maximum Gasteiger partial charge on any atom is 0.283 e. The van der Waals surface area contributed by atoms with Crippen LogP contribution in [-0.4, -0.2) is 29.7 Å². The molecule has 1 amide bonds. The molecule has 1 N–H and O–H groups in total. The Morgan fingerprint density at radius 1 is 1.23 bits per heavy atom. The second kappa shape index (κ2) is 9.25. The molecule has 2 aromatic rings. The smallest absolute Gasteiger partial charge is 0.283 e. The number of hydrazone groups is 1. The van der Waals surface area contributed by atoms with E-state index in [1.165, 1.54) is 11.3 Å². The van der Waals surface area contributed by atoms with Crippen LogP contribution in [0, 0.1) is 17.2 Å². The number of halogens is 3. The second-order valence-corrected chi connectivity index (χ2v) is 10.4. The molecule has 2 aliphatic heterocycles. The molecule has 4 rings (SSSR count). The molecule has 10 heteroatoms. The van der Waals surface area contributed by atoms with Crippen LogP contribution in [0.5, 0.6) is 0 Å². The van der Waals surface area contributed by atoms with Crippen molar-refractivity contribution in [2.24, 2.45) is 11.0 Å². The molecule has 2 unspecified atom stereocenters. The van der Waals surface area contributed by atoms with Crippen molar-refractivity contribution in [3.05, 3.63) is 49.0 Å². The van der Waals surface area contributed by atoms with Crippen LogP contribution in [0.25, 0.3) is 0 Å². The van der Waals surface area contributed by atoms with Gasteiger partial charge in [0, 0.05) is 23.0 Å². The van der Waals surface area contributed by atoms with Gasteiger partial charge >= 0.3 is 0 Å². The van der Waals surface area contributed by atoms with Crippen molar-refractivity contribution in [1.29, 1.82) is 5.26 Å². The van der Waals surface area contributed by atoms with Crippen LogP contribution >= 0.6 is 50.5 Å². The molecule has 1 saturated heterocycles. The Labute approximate surface area is 197 Å². The van der Waals surface area contributed by atoms with E-state index in [4.69, 9.17) is 23.2 Å². The summed E-state index contributed by atoms with van der Waals surface area (Å²) in [6.07, 6.45) is 3.23. The summed E-state index contributed by atoms with van der Waals surface area (Å²) in [5.41, 5.74) is 3.70. The monoisotopic (exact) mass is 525 g/mol. The van der Waals surface area contributed by atoms with E-state index in [1.807, 2.05) is 17.1 Å². The predicted molar refractivity (Wildman–Crippen MR) is 124 cm³/mol. The average Bonchev–Trinajstić information content (AvgIpc) is 3.32. The average molecular weight is 527 g/mol. The molecule has 1 aromatic heterocycles. The summed E-state index contributed by atoms with van der Waals surface area (Å²) in [7, 11) is 0. The number of hydrogen-bond donors (Lipinski definition) is 1. The van der Waals surface area contributed by atoms with E-state index < -0.39 is 12.0 Å². The van der Waals surface area contributed by atoms with E-state index in [2.05, 4.69) is 32.5 Å². The van der Waals surface area contributed by atoms with Gasteiger partial charge in [0.25, 0.3) is 5.91 Å². The molecule has 2 atom stereocenters. The molecular weight excluding hydrogens is 509 g/mol. The SMILES string of the molecule is N#CC1C(C(=O)NN2CCCCC2)=NN(c2ccc(Cl)cc2Cl)C1c1ccc(Br)s1. The van der Waals surface area contributed by atoms with Crippen LogP contribution in [0.15, 0.2) is 39.2 Å². The molecule has 0 bridgehead atoms. The second-order valence-electron chi connectivity index (χ2n) is 7.11. The summed E-state index contributed by atoms with van der Waals surface area (Å²) in [6, 6.07) is 10.8. The summed E-state index contributed by atoms with van der Waals surface area (Å²) in [5.74, 6) is -1.09. The van der Waals surface area contributed by atoms with Crippen molar-refractivity contribution < 1.29 is 4.79 Å². The van der Waals surface area contributed by atoms with Gasteiger partial charge in [-0.2, -0.15) is 10.4 Å². The number of anilines is 1. The topological polar surface area (TPSA) is 71.7 Å². The molecule has 0 saturated carbocycles. The molecule has 0 radical (unpaired) electrons. The molecule has 0 aliphatic carbocycles. The minimum atomic E-state index is -0.743. The van der Waals surface area contributed by atoms with Gasteiger partial charge in [0.1, 0.15) is 17.7 Å². The van der Waals surface area contributed by atoms with Crippen LogP contribution in [0.4, 0.5) is 5.69 Å². The fourth-order valence-corrected chi connectivity index (χ4v) is 5.74. The standard InChI is InChI=1S/C20H18BrCl2N5OS/c21-17-7-6-16(30-17)19-13(11-24)18(20(29)26-27-8-2-1-3-9-27)25-28(19)15-5-4-12(22)10-14(15)23/h4-7,10,13,19H,1-3,8-9H2,(H,26,29). The van der Waals surface area contributed by atoms with Gasteiger partial charge in [-0.05, 0) is 59.1 Å². The lowest BCUT2D eigenvalue weighted by molar-refractivity contribution is -0.119. The molecule has 6 nitrogen and oxygen atoms in total. The molecule has 156 valence electrons. The number of amides is 1. The number of carbonyl (C=O) groups is 1. The van der Waals surface area contributed by atoms with Crippen molar-refractivity contribution in [2.75, 3.05) is 18.1 Å². The van der Waals surface area contributed by atoms with Crippen molar-refractivity contribution in [3.63, 3.8) is 0 Å². The van der Waals surface area contributed by atoms with Crippen LogP contribution in [0.1, 0.15) is 30.2 Å². The Morgan fingerprint density at radius 3 is 2.63 bits per heavy atom. The maximum atomic E-state index is 13.1. The number of hydrazine groups is 1. The highest BCUT2D eigenvalue weighted by Crippen LogP contribution is 2.44. The Morgan fingerprint density at radius 2 is 2.00 bits per heavy atom. The highest BCUT2D eigenvalue weighted by molar-refractivity contribution is 9.11. The highest BCUT2D eigenvalue weighted by atomic mass is 79.9. The summed E-state index contributed by atoms with van der Waals surface area (Å²) in [6.45, 7) is 1.59. The van der Waals surface area contributed by atoms with Crippen LogP contribution in [-0.2, 0) is 4.79 Å². The lowest BCUT2D eigenvalue weighted by Crippen LogP contribution is -2.48. The van der Waals surface area contributed by atoms with Crippen LogP contribution in [0.3, 0.4) is 0 Å². The van der Waals surface area contributed by atoms with E-state index in [9.17, 15) is 10.1 Å². The number of rotatable bonds is 4. The minimum Gasteiger partial charge on any atom is -0.284 e. The largest absolute Gasteiger partial charge is 0.284 e. The van der Waals surface area contributed by atoms with E-state index in [0.29, 0.717) is 15.7 Å². The van der Waals surface area contributed by atoms with Gasteiger partial charge in [-0.3, -0.25) is 15.2 Å². The number of hydrogen-bond acceptors (Lipinski definition) is 6. The van der Waals surface area contributed by atoms with Gasteiger partial charge in [-0.15, -0.1) is 11.3 Å². The van der Waals surface area contributed by atoms with Gasteiger partial charge in [0.2, 0.25) is 0 Å². The van der Waals surface area contributed by atoms with Gasteiger partial charge in [-0.25, -0.2) is 5.01 Å². The van der Waals surface area contributed by atoms with E-state index in [1.54, 1.807) is 23.2 Å². The van der Waals surface area contributed by atoms with E-state index in [0.717, 1.165) is 41.0 Å². The third-order valence-electron chi connectivity index (χ3n) is 5.12. The fraction of sp³-hybridized carbons (Fsp3) is 0.350. The lowest BCUT2D eigenvalue weighted by atomic mass is 9.95. The first-order chi connectivity index (χ1) is 14.5. The number of nitrogens with one attached hydrogen (secondary N) is 1. The van der Waals surface area contributed by atoms with Crippen molar-refractivity contribution >= 4 is 67.8 Å². The van der Waals surface area contributed by atoms with Crippen molar-refractivity contribution in [2.45, 2.75) is 25.3 Å². The molecule has 0 spiro atoms. The van der Waals surface area contributed by atoms with Gasteiger partial charge in [-0.1, -0.05) is 29.6 Å². The fourth-order valence-electron chi connectivity index (χ4n) is 3.70. The normalized spacial score (nSPS) is 21.9. The summed E-state index contributed by atoms with van der Waals surface area (Å²) < 4.78 is 0.933. The Kier molecular flexibility index (Phi) is 6.66. The maximum absolute atomic E-state index is 13.1. The summed E-state index contributed by atoms with van der Waals surface area (Å²) in [5, 5.41) is 19.1. The van der Waals surface area contributed by atoms with Gasteiger partial charge in [0.15, 0.2) is 0 Å². The first-order valence-corrected chi connectivity index (χ1v) is 11.9. The highest BCUT2D eigenvalue weighted by Gasteiger charge is 2.44. The zero-order valence-corrected chi connectivity index (χ0v) is 19.7. The number of benzene rings is 1. The number of thiophene rings is 1. The first-order valence-electron chi connectivity index (χ1n) is 9.51.